The molecule has 3 aromatic carbocycles. The van der Waals surface area contributed by atoms with Gasteiger partial charge in [-0.15, -0.1) is 0 Å². The highest BCUT2D eigenvalue weighted by molar-refractivity contribution is 7.91. The molecule has 0 unspecified atom stereocenters. The van der Waals surface area contributed by atoms with Gasteiger partial charge in [-0.3, -0.25) is 0 Å². The lowest BCUT2D eigenvalue weighted by Crippen LogP contribution is -2.08. The number of methoxy groups -OCH3 is 1. The van der Waals surface area contributed by atoms with Gasteiger partial charge >= 0.3 is 6.03 Å². The molecule has 29 heavy (non-hydrogen) atoms. The van der Waals surface area contributed by atoms with Crippen LogP contribution in [0.4, 0.5) is 16.2 Å². The molecule has 0 fully saturated rings. The van der Waals surface area contributed by atoms with Crippen LogP contribution in [0, 0.1) is 6.92 Å². The van der Waals surface area contributed by atoms with Gasteiger partial charge in [0.1, 0.15) is 22.1 Å². The molecule has 7 nitrogen and oxygen atoms in total. The minimum absolute atomic E-state index is 0.0617. The van der Waals surface area contributed by atoms with E-state index in [1.165, 1.54) is 24.3 Å². The number of hydrogen-bond donors (Lipinski definition) is 1. The normalized spacial score (nSPS) is 12.7. The molecule has 1 N–H and O–H groups in total. The summed E-state index contributed by atoms with van der Waals surface area (Å²) in [6.45, 7) is 1.88. The van der Waals surface area contributed by atoms with Gasteiger partial charge in [0, 0.05) is 6.07 Å². The number of amides is 2. The van der Waals surface area contributed by atoms with Crippen molar-refractivity contribution in [2.24, 2.45) is 0 Å². The molecule has 0 saturated carbocycles. The van der Waals surface area contributed by atoms with Crippen molar-refractivity contribution in [1.29, 1.82) is 0 Å². The van der Waals surface area contributed by atoms with Crippen LogP contribution in [0.25, 0.3) is 0 Å². The lowest BCUT2D eigenvalue weighted by Gasteiger charge is -2.14. The van der Waals surface area contributed by atoms with Crippen LogP contribution >= 0.6 is 0 Å². The maximum absolute atomic E-state index is 13.3. The van der Waals surface area contributed by atoms with Gasteiger partial charge in [-0.1, -0.05) is 17.7 Å². The number of sulfone groups is 1. The predicted octanol–water partition coefficient (Wildman–Crippen LogP) is 4.41. The number of benzene rings is 3. The van der Waals surface area contributed by atoms with Crippen LogP contribution in [0.2, 0.25) is 0 Å². The third-order valence-corrected chi connectivity index (χ3v) is 6.22. The highest BCUT2D eigenvalue weighted by Gasteiger charge is 2.29. The molecular weight excluding hydrogens is 392 g/mol. The van der Waals surface area contributed by atoms with Gasteiger partial charge < -0.3 is 14.8 Å². The number of fused-ring (bicyclic) bond motifs is 1. The van der Waals surface area contributed by atoms with Crippen molar-refractivity contribution in [3.63, 3.8) is 0 Å². The fourth-order valence-corrected chi connectivity index (χ4v) is 4.29. The highest BCUT2D eigenvalue weighted by atomic mass is 32.2. The van der Waals surface area contributed by atoms with Crippen molar-refractivity contribution in [3.05, 3.63) is 66.2 Å². The summed E-state index contributed by atoms with van der Waals surface area (Å²) in [6.07, 6.45) is 0. The van der Waals surface area contributed by atoms with Crippen LogP contribution in [0.3, 0.4) is 0 Å². The zero-order chi connectivity index (χ0) is 20.6. The summed E-state index contributed by atoms with van der Waals surface area (Å²) in [6, 6.07) is 15.5. The molecule has 0 bridgehead atoms. The Bertz CT molecular complexity index is 1190. The third kappa shape index (κ3) is 3.62. The van der Waals surface area contributed by atoms with Crippen molar-refractivity contribution in [3.8, 4) is 17.2 Å². The fraction of sp³-hybridized carbons (Fsp3) is 0.0952. The number of rotatable bonds is 5. The van der Waals surface area contributed by atoms with E-state index in [1.54, 1.807) is 43.5 Å². The first kappa shape index (κ1) is 18.8. The minimum Gasteiger partial charge on any atom is -0.497 e. The summed E-state index contributed by atoms with van der Waals surface area (Å²) in [5.74, 6) is 1.14. The summed E-state index contributed by atoms with van der Waals surface area (Å²) >= 11 is 0. The third-order valence-electron chi connectivity index (χ3n) is 4.43. The van der Waals surface area contributed by atoms with Crippen molar-refractivity contribution in [2.45, 2.75) is 16.7 Å². The zero-order valence-electron chi connectivity index (χ0n) is 15.7. The molecule has 0 aliphatic carbocycles. The lowest BCUT2D eigenvalue weighted by molar-refractivity contribution is 0.256. The first-order chi connectivity index (χ1) is 13.9. The summed E-state index contributed by atoms with van der Waals surface area (Å²) in [4.78, 5) is 11.7. The number of urea groups is 1. The van der Waals surface area contributed by atoms with Crippen molar-refractivity contribution in [1.82, 2.24) is 5.32 Å². The van der Waals surface area contributed by atoms with Gasteiger partial charge in [-0.2, -0.15) is 5.32 Å². The van der Waals surface area contributed by atoms with Gasteiger partial charge in [0.05, 0.1) is 23.4 Å². The Balaban J connectivity index is 1.82. The first-order valence-electron chi connectivity index (χ1n) is 8.71. The Morgan fingerprint density at radius 2 is 1.59 bits per heavy atom. The number of ether oxygens (including phenoxy) is 2. The van der Waals surface area contributed by atoms with Crippen LogP contribution in [-0.4, -0.2) is 21.6 Å². The standard InChI is InChI=1S/C21H17N2O5S/c1-13-3-9-16(10-4-13)29(25,26)20-12-18-17(22-21(24)23-18)11-19(20)28-15-7-5-14(27-2)6-8-15/h3-12H,1-2H3,(H,23,24). The van der Waals surface area contributed by atoms with Gasteiger partial charge in [-0.05, 0) is 49.4 Å². The highest BCUT2D eigenvalue weighted by Crippen LogP contribution is 2.41. The van der Waals surface area contributed by atoms with Gasteiger partial charge in [0.15, 0.2) is 0 Å². The maximum atomic E-state index is 13.3. The van der Waals surface area contributed by atoms with E-state index < -0.39 is 15.9 Å². The molecule has 1 radical (unpaired) electrons. The second-order valence-electron chi connectivity index (χ2n) is 6.45. The van der Waals surface area contributed by atoms with Crippen LogP contribution in [0.5, 0.6) is 17.2 Å². The zero-order valence-corrected chi connectivity index (χ0v) is 16.5. The fourth-order valence-electron chi connectivity index (χ4n) is 2.90. The molecule has 3 aromatic rings. The Hall–Kier alpha value is -3.52. The molecule has 2 amide bonds. The smallest absolute Gasteiger partial charge is 0.346 e. The topological polar surface area (TPSA) is 95.8 Å². The van der Waals surface area contributed by atoms with Crippen LogP contribution < -0.4 is 20.1 Å². The second kappa shape index (κ2) is 7.14. The number of anilines is 1. The molecule has 0 spiro atoms. The SMILES string of the molecule is COc1ccc(Oc2cc3c(cc2S(=O)(=O)c2ccc(C)cc2)NC(=O)[N]3)cc1. The summed E-state index contributed by atoms with van der Waals surface area (Å²) < 4.78 is 37.6. The lowest BCUT2D eigenvalue weighted by atomic mass is 10.2. The summed E-state index contributed by atoms with van der Waals surface area (Å²) in [5.41, 5.74) is 1.59. The molecule has 0 aromatic heterocycles. The first-order valence-corrected chi connectivity index (χ1v) is 10.2. The number of aryl methyl sites for hydroxylation is 1. The Kier molecular flexibility index (Phi) is 4.63. The molecule has 0 saturated heterocycles. The van der Waals surface area contributed by atoms with E-state index in [0.717, 1.165) is 5.56 Å². The largest absolute Gasteiger partial charge is 0.497 e. The Morgan fingerprint density at radius 1 is 0.931 bits per heavy atom. The molecule has 1 aliphatic rings. The van der Waals surface area contributed by atoms with E-state index in [9.17, 15) is 13.2 Å². The maximum Gasteiger partial charge on any atom is 0.346 e. The van der Waals surface area contributed by atoms with Gasteiger partial charge in [-0.25, -0.2) is 13.2 Å². The second-order valence-corrected chi connectivity index (χ2v) is 8.37. The van der Waals surface area contributed by atoms with E-state index in [1.807, 2.05) is 6.92 Å². The van der Waals surface area contributed by atoms with E-state index in [0.29, 0.717) is 22.9 Å². The molecule has 147 valence electrons. The molecular formula is C21H17N2O5S. The van der Waals surface area contributed by atoms with Crippen LogP contribution in [-0.2, 0) is 9.84 Å². The number of nitrogens with zero attached hydrogens (tertiary/aromatic N) is 1. The van der Waals surface area contributed by atoms with Crippen molar-refractivity contribution < 1.29 is 22.7 Å². The van der Waals surface area contributed by atoms with E-state index in [-0.39, 0.29) is 15.5 Å². The van der Waals surface area contributed by atoms with Crippen molar-refractivity contribution in [2.75, 3.05) is 12.4 Å². The van der Waals surface area contributed by atoms with Crippen molar-refractivity contribution >= 4 is 27.2 Å². The van der Waals surface area contributed by atoms with Crippen LogP contribution in [0.15, 0.2) is 70.5 Å². The molecule has 8 heteroatoms. The quantitative estimate of drug-likeness (QED) is 0.673. The average molecular weight is 409 g/mol. The molecule has 4 rings (SSSR count). The number of hydrogen-bond acceptors (Lipinski definition) is 5. The molecule has 1 aliphatic heterocycles. The number of carbonyl (C=O) groups excluding carboxylic acids is 1. The van der Waals surface area contributed by atoms with E-state index in [2.05, 4.69) is 10.6 Å². The average Bonchev–Trinajstić information content (AvgIpc) is 3.07. The van der Waals surface area contributed by atoms with E-state index >= 15 is 0 Å². The summed E-state index contributed by atoms with van der Waals surface area (Å²) in [5, 5.41) is 6.38. The summed E-state index contributed by atoms with van der Waals surface area (Å²) in [7, 11) is -2.35. The van der Waals surface area contributed by atoms with E-state index in [4.69, 9.17) is 9.47 Å². The van der Waals surface area contributed by atoms with Gasteiger partial charge in [0.2, 0.25) is 9.84 Å². The Labute approximate surface area is 168 Å². The van der Waals surface area contributed by atoms with Gasteiger partial charge in [0.25, 0.3) is 0 Å². The molecule has 0 atom stereocenters. The predicted molar refractivity (Wildman–Crippen MR) is 107 cm³/mol. The Morgan fingerprint density at radius 3 is 2.24 bits per heavy atom. The number of nitrogens with one attached hydrogen (secondary N) is 1. The minimum atomic E-state index is -3.90. The molecule has 1 heterocycles. The monoisotopic (exact) mass is 409 g/mol. The van der Waals surface area contributed by atoms with Crippen LogP contribution in [0.1, 0.15) is 5.56 Å². The number of carbonyl (C=O) groups is 1.